The highest BCUT2D eigenvalue weighted by molar-refractivity contribution is 6.34. The van der Waals surface area contributed by atoms with Crippen LogP contribution in [0.5, 0.6) is 0 Å². The molecule has 0 saturated carbocycles. The third kappa shape index (κ3) is 1.79. The van der Waals surface area contributed by atoms with E-state index in [0.29, 0.717) is 5.02 Å². The molecule has 0 spiro atoms. The molecule has 0 bridgehead atoms. The number of fused-ring (bicyclic) bond motifs is 1. The van der Waals surface area contributed by atoms with Crippen LogP contribution >= 0.6 is 11.6 Å². The van der Waals surface area contributed by atoms with Gasteiger partial charge in [0.2, 0.25) is 0 Å². The smallest absolute Gasteiger partial charge is 0.352 e. The Hall–Kier alpha value is -2.27. The number of hydrogen-bond acceptors (Lipinski definition) is 2. The van der Waals surface area contributed by atoms with Gasteiger partial charge in [-0.3, -0.25) is 0 Å². The van der Waals surface area contributed by atoms with Gasteiger partial charge in [-0.15, -0.1) is 0 Å². The molecule has 3 rings (SSSR count). The maximum Gasteiger partial charge on any atom is 0.352 e. The maximum absolute atomic E-state index is 11.1. The number of H-pyrrole nitrogens is 1. The van der Waals surface area contributed by atoms with Crippen molar-refractivity contribution in [1.82, 2.24) is 14.5 Å². The molecular weight excluding hydrogens is 266 g/mol. The number of aryl methyl sites for hydroxylation is 1. The first-order chi connectivity index (χ1) is 9.08. The van der Waals surface area contributed by atoms with E-state index >= 15 is 0 Å². The quantitative estimate of drug-likeness (QED) is 0.755. The van der Waals surface area contributed by atoms with E-state index in [0.717, 1.165) is 22.2 Å². The molecular formula is C13H10ClN3O2. The van der Waals surface area contributed by atoms with Crippen molar-refractivity contribution in [2.45, 2.75) is 0 Å². The Morgan fingerprint density at radius 2 is 2.32 bits per heavy atom. The Kier molecular flexibility index (Phi) is 2.57. The van der Waals surface area contributed by atoms with Crippen molar-refractivity contribution < 1.29 is 9.90 Å². The van der Waals surface area contributed by atoms with Gasteiger partial charge in [0, 0.05) is 42.2 Å². The summed E-state index contributed by atoms with van der Waals surface area (Å²) < 4.78 is 1.56. The molecule has 0 aliphatic heterocycles. The predicted octanol–water partition coefficient (Wildman–Crippen LogP) is 2.92. The second-order valence-corrected chi connectivity index (χ2v) is 4.66. The van der Waals surface area contributed by atoms with Crippen molar-refractivity contribution in [1.29, 1.82) is 0 Å². The monoisotopic (exact) mass is 275 g/mol. The zero-order valence-electron chi connectivity index (χ0n) is 10.0. The van der Waals surface area contributed by atoms with Crippen LogP contribution in [0.3, 0.4) is 0 Å². The summed E-state index contributed by atoms with van der Waals surface area (Å²) in [4.78, 5) is 18.3. The highest BCUT2D eigenvalue weighted by atomic mass is 35.5. The van der Waals surface area contributed by atoms with Gasteiger partial charge in [0.1, 0.15) is 11.3 Å². The fourth-order valence-electron chi connectivity index (χ4n) is 2.19. The first-order valence-electron chi connectivity index (χ1n) is 5.59. The van der Waals surface area contributed by atoms with E-state index in [-0.39, 0.29) is 5.69 Å². The molecule has 0 unspecified atom stereocenters. The van der Waals surface area contributed by atoms with Gasteiger partial charge in [-0.2, -0.15) is 0 Å². The van der Waals surface area contributed by atoms with E-state index in [9.17, 15) is 4.79 Å². The lowest BCUT2D eigenvalue weighted by Crippen LogP contribution is -2.02. The van der Waals surface area contributed by atoms with E-state index in [1.165, 1.54) is 0 Å². The predicted molar refractivity (Wildman–Crippen MR) is 72.5 cm³/mol. The topological polar surface area (TPSA) is 70.9 Å². The van der Waals surface area contributed by atoms with Gasteiger partial charge in [0.25, 0.3) is 0 Å². The van der Waals surface area contributed by atoms with Crippen LogP contribution in [0.2, 0.25) is 5.02 Å². The van der Waals surface area contributed by atoms with Crippen molar-refractivity contribution in [3.8, 4) is 11.1 Å². The summed E-state index contributed by atoms with van der Waals surface area (Å²) in [6, 6.07) is 3.48. The van der Waals surface area contributed by atoms with E-state index in [1.807, 2.05) is 6.07 Å². The van der Waals surface area contributed by atoms with Crippen LogP contribution in [-0.4, -0.2) is 25.6 Å². The normalized spacial score (nSPS) is 11.1. The highest BCUT2D eigenvalue weighted by Gasteiger charge is 2.16. The van der Waals surface area contributed by atoms with Crippen LogP contribution in [0.25, 0.3) is 22.2 Å². The second kappa shape index (κ2) is 4.13. The van der Waals surface area contributed by atoms with Gasteiger partial charge < -0.3 is 14.7 Å². The minimum absolute atomic E-state index is 0.214. The molecule has 5 nitrogen and oxygen atoms in total. The van der Waals surface area contributed by atoms with Gasteiger partial charge >= 0.3 is 5.97 Å². The van der Waals surface area contributed by atoms with Crippen molar-refractivity contribution in [3.05, 3.63) is 41.4 Å². The van der Waals surface area contributed by atoms with Crippen LogP contribution < -0.4 is 0 Å². The summed E-state index contributed by atoms with van der Waals surface area (Å²) in [5.74, 6) is -0.968. The average Bonchev–Trinajstić information content (AvgIpc) is 2.95. The number of nitrogens with zero attached hydrogens (tertiary/aromatic N) is 2. The maximum atomic E-state index is 11.1. The number of aromatic amines is 1. The van der Waals surface area contributed by atoms with Crippen molar-refractivity contribution in [3.63, 3.8) is 0 Å². The number of nitrogens with one attached hydrogen (secondary N) is 1. The molecule has 0 atom stereocenters. The number of halogens is 1. The van der Waals surface area contributed by atoms with Gasteiger partial charge in [-0.25, -0.2) is 9.78 Å². The van der Waals surface area contributed by atoms with Crippen LogP contribution in [0, 0.1) is 0 Å². The van der Waals surface area contributed by atoms with Crippen molar-refractivity contribution in [2.75, 3.05) is 0 Å². The van der Waals surface area contributed by atoms with Gasteiger partial charge in [-0.1, -0.05) is 11.6 Å². The van der Waals surface area contributed by atoms with E-state index in [4.69, 9.17) is 16.7 Å². The summed E-state index contributed by atoms with van der Waals surface area (Å²) in [6.45, 7) is 0. The molecule has 3 aromatic rings. The van der Waals surface area contributed by atoms with Crippen LogP contribution in [-0.2, 0) is 7.05 Å². The fourth-order valence-corrected chi connectivity index (χ4v) is 2.45. The Bertz CT molecular complexity index is 788. The fraction of sp³-hybridized carbons (Fsp3) is 0.0769. The molecule has 3 aromatic heterocycles. The first-order valence-corrected chi connectivity index (χ1v) is 5.97. The summed E-state index contributed by atoms with van der Waals surface area (Å²) >= 11 is 6.20. The van der Waals surface area contributed by atoms with Gasteiger partial charge in [-0.05, 0) is 12.1 Å². The Labute approximate surface area is 113 Å². The summed E-state index contributed by atoms with van der Waals surface area (Å²) in [5, 5.41) is 10.5. The standard InChI is InChI=1S/C13H10ClN3O2/c1-17-6-7(4-10(17)13(18)19)11-8-2-3-15-12(8)16-5-9(11)14/h2-6H,1H3,(H,15,16)(H,18,19). The zero-order chi connectivity index (χ0) is 13.6. The third-order valence-electron chi connectivity index (χ3n) is 3.05. The lowest BCUT2D eigenvalue weighted by atomic mass is 10.1. The van der Waals surface area contributed by atoms with Crippen molar-refractivity contribution in [2.24, 2.45) is 7.05 Å². The minimum atomic E-state index is -0.968. The number of aromatic carboxylic acids is 1. The Balaban J connectivity index is 2.29. The summed E-state index contributed by atoms with van der Waals surface area (Å²) in [7, 11) is 1.69. The van der Waals surface area contributed by atoms with Crippen LogP contribution in [0.4, 0.5) is 0 Å². The molecule has 96 valence electrons. The second-order valence-electron chi connectivity index (χ2n) is 4.25. The highest BCUT2D eigenvalue weighted by Crippen LogP contribution is 2.34. The molecule has 0 fully saturated rings. The molecule has 0 aliphatic rings. The molecule has 6 heteroatoms. The molecule has 19 heavy (non-hydrogen) atoms. The number of pyridine rings is 1. The molecule has 2 N–H and O–H groups in total. The number of rotatable bonds is 2. The van der Waals surface area contributed by atoms with Gasteiger partial charge in [0.15, 0.2) is 0 Å². The molecule has 3 heterocycles. The van der Waals surface area contributed by atoms with E-state index in [1.54, 1.807) is 36.3 Å². The molecule has 0 aliphatic carbocycles. The van der Waals surface area contributed by atoms with Crippen LogP contribution in [0.1, 0.15) is 10.5 Å². The van der Waals surface area contributed by atoms with Crippen LogP contribution in [0.15, 0.2) is 30.7 Å². The number of carboxylic acids is 1. The van der Waals surface area contributed by atoms with E-state index < -0.39 is 5.97 Å². The largest absolute Gasteiger partial charge is 0.477 e. The molecule has 0 saturated heterocycles. The number of aromatic nitrogens is 3. The summed E-state index contributed by atoms with van der Waals surface area (Å²) in [5.41, 5.74) is 2.49. The molecule has 0 aromatic carbocycles. The van der Waals surface area contributed by atoms with Gasteiger partial charge in [0.05, 0.1) is 5.02 Å². The lowest BCUT2D eigenvalue weighted by Gasteiger charge is -2.03. The molecule has 0 radical (unpaired) electrons. The zero-order valence-corrected chi connectivity index (χ0v) is 10.8. The average molecular weight is 276 g/mol. The van der Waals surface area contributed by atoms with E-state index in [2.05, 4.69) is 9.97 Å². The third-order valence-corrected chi connectivity index (χ3v) is 3.34. The molecule has 0 amide bonds. The number of carboxylic acid groups (broad SMARTS) is 1. The lowest BCUT2D eigenvalue weighted by molar-refractivity contribution is 0.0686. The Morgan fingerprint density at radius 3 is 3.00 bits per heavy atom. The number of carbonyl (C=O) groups is 1. The number of hydrogen-bond donors (Lipinski definition) is 2. The minimum Gasteiger partial charge on any atom is -0.477 e. The first kappa shape index (κ1) is 11.8. The SMILES string of the molecule is Cn1cc(-c2c(Cl)cnc3[nH]ccc23)cc1C(=O)O. The Morgan fingerprint density at radius 1 is 1.53 bits per heavy atom. The summed E-state index contributed by atoms with van der Waals surface area (Å²) in [6.07, 6.45) is 5.08. The van der Waals surface area contributed by atoms with Crippen molar-refractivity contribution >= 4 is 28.6 Å².